The Morgan fingerprint density at radius 2 is 2.33 bits per heavy atom. The van der Waals surface area contributed by atoms with Crippen molar-refractivity contribution in [3.8, 4) is 0 Å². The number of rotatable bonds is 1. The first-order chi connectivity index (χ1) is 8.61. The summed E-state index contributed by atoms with van der Waals surface area (Å²) in [6.07, 6.45) is 5.07. The van der Waals surface area contributed by atoms with E-state index in [1.807, 2.05) is 6.26 Å². The smallest absolute Gasteiger partial charge is 0.281 e. The second kappa shape index (κ2) is 4.28. The van der Waals surface area contributed by atoms with E-state index in [9.17, 15) is 4.79 Å². The van der Waals surface area contributed by atoms with E-state index in [0.717, 1.165) is 29.5 Å². The summed E-state index contributed by atoms with van der Waals surface area (Å²) in [4.78, 5) is 19.0. The highest BCUT2D eigenvalue weighted by Gasteiger charge is 2.23. The summed E-state index contributed by atoms with van der Waals surface area (Å²) in [5.41, 5.74) is 1.09. The molecule has 0 spiro atoms. The van der Waals surface area contributed by atoms with Crippen LogP contribution in [0.3, 0.4) is 0 Å². The number of hydrogen-bond donors (Lipinski definition) is 1. The number of aromatic nitrogens is 2. The van der Waals surface area contributed by atoms with Crippen LogP contribution >= 0.6 is 23.1 Å². The van der Waals surface area contributed by atoms with Crippen LogP contribution in [-0.2, 0) is 12.8 Å². The molecule has 1 atom stereocenters. The topological polar surface area (TPSA) is 60.9 Å². The molecule has 4 nitrogen and oxygen atoms in total. The number of thiophene rings is 1. The molecule has 1 unspecified atom stereocenters. The van der Waals surface area contributed by atoms with Crippen molar-refractivity contribution in [1.82, 2.24) is 9.66 Å². The first kappa shape index (κ1) is 12.0. The number of nitrogens with two attached hydrogens (primary N) is 1. The van der Waals surface area contributed by atoms with Crippen LogP contribution in [0.5, 0.6) is 0 Å². The predicted molar refractivity (Wildman–Crippen MR) is 77.0 cm³/mol. The quantitative estimate of drug-likeness (QED) is 0.493. The van der Waals surface area contributed by atoms with E-state index < -0.39 is 0 Å². The monoisotopic (exact) mass is 281 g/mol. The summed E-state index contributed by atoms with van der Waals surface area (Å²) in [6, 6.07) is 0. The van der Waals surface area contributed by atoms with Gasteiger partial charge < -0.3 is 5.84 Å². The number of thioether (sulfide) groups is 1. The Morgan fingerprint density at radius 1 is 1.56 bits per heavy atom. The molecule has 2 N–H and O–H groups in total. The minimum Gasteiger partial charge on any atom is -0.334 e. The first-order valence-corrected chi connectivity index (χ1v) is 8.02. The van der Waals surface area contributed by atoms with Gasteiger partial charge in [0.2, 0.25) is 0 Å². The van der Waals surface area contributed by atoms with E-state index >= 15 is 0 Å². The molecular formula is C12H15N3OS2. The highest BCUT2D eigenvalue weighted by molar-refractivity contribution is 7.98. The molecule has 96 valence electrons. The standard InChI is InChI=1S/C12H15N3OS2/c1-6-3-4-7-8(5-6)18-10-9(7)11(16)15(13)12(14-10)17-2/h6H,3-5,13H2,1-2H3. The molecule has 0 aliphatic heterocycles. The predicted octanol–water partition coefficient (Wildman–Crippen LogP) is 2.02. The zero-order valence-corrected chi connectivity index (χ0v) is 12.0. The lowest BCUT2D eigenvalue weighted by Crippen LogP contribution is -2.30. The molecular weight excluding hydrogens is 266 g/mol. The zero-order chi connectivity index (χ0) is 12.9. The minimum absolute atomic E-state index is 0.101. The molecule has 1 aliphatic carbocycles. The fourth-order valence-corrected chi connectivity index (χ4v) is 4.42. The van der Waals surface area contributed by atoms with Gasteiger partial charge in [0.1, 0.15) is 4.83 Å². The van der Waals surface area contributed by atoms with Crippen LogP contribution in [0.15, 0.2) is 9.95 Å². The van der Waals surface area contributed by atoms with Crippen LogP contribution in [-0.4, -0.2) is 15.9 Å². The maximum absolute atomic E-state index is 12.3. The molecule has 0 radical (unpaired) electrons. The third kappa shape index (κ3) is 1.66. The number of hydrogen-bond acceptors (Lipinski definition) is 5. The van der Waals surface area contributed by atoms with Gasteiger partial charge >= 0.3 is 0 Å². The van der Waals surface area contributed by atoms with Crippen molar-refractivity contribution < 1.29 is 0 Å². The highest BCUT2D eigenvalue weighted by atomic mass is 32.2. The maximum atomic E-state index is 12.3. The molecule has 0 saturated heterocycles. The van der Waals surface area contributed by atoms with Crippen LogP contribution in [0.2, 0.25) is 0 Å². The molecule has 1 aliphatic rings. The lowest BCUT2D eigenvalue weighted by atomic mass is 9.89. The van der Waals surface area contributed by atoms with Gasteiger partial charge in [0.15, 0.2) is 5.16 Å². The van der Waals surface area contributed by atoms with E-state index in [2.05, 4.69) is 11.9 Å². The van der Waals surface area contributed by atoms with Crippen molar-refractivity contribution in [2.24, 2.45) is 5.92 Å². The van der Waals surface area contributed by atoms with E-state index in [1.165, 1.54) is 26.9 Å². The van der Waals surface area contributed by atoms with Crippen molar-refractivity contribution in [2.45, 2.75) is 31.3 Å². The molecule has 0 amide bonds. The van der Waals surface area contributed by atoms with Crippen LogP contribution < -0.4 is 11.4 Å². The average Bonchev–Trinajstić information content (AvgIpc) is 2.70. The number of nitrogens with zero attached hydrogens (tertiary/aromatic N) is 2. The summed E-state index contributed by atoms with van der Waals surface area (Å²) in [7, 11) is 0. The summed E-state index contributed by atoms with van der Waals surface area (Å²) in [5.74, 6) is 6.50. The largest absolute Gasteiger partial charge is 0.334 e. The molecule has 6 heteroatoms. The molecule has 3 rings (SSSR count). The summed E-state index contributed by atoms with van der Waals surface area (Å²) in [6.45, 7) is 2.26. The van der Waals surface area contributed by atoms with Gasteiger partial charge in [-0.25, -0.2) is 9.66 Å². The Balaban J connectivity index is 2.33. The summed E-state index contributed by atoms with van der Waals surface area (Å²) < 4.78 is 1.18. The van der Waals surface area contributed by atoms with Gasteiger partial charge in [-0.1, -0.05) is 18.7 Å². The maximum Gasteiger partial charge on any atom is 0.281 e. The third-order valence-corrected chi connectivity index (χ3v) is 5.31. The summed E-state index contributed by atoms with van der Waals surface area (Å²) in [5, 5.41) is 1.33. The Bertz CT molecular complexity index is 674. The molecule has 18 heavy (non-hydrogen) atoms. The van der Waals surface area contributed by atoms with Crippen molar-refractivity contribution >= 4 is 33.3 Å². The van der Waals surface area contributed by atoms with Crippen LogP contribution in [0.25, 0.3) is 10.2 Å². The van der Waals surface area contributed by atoms with Crippen LogP contribution in [0.1, 0.15) is 23.8 Å². The van der Waals surface area contributed by atoms with Gasteiger partial charge in [0.05, 0.1) is 5.39 Å². The van der Waals surface area contributed by atoms with Crippen molar-refractivity contribution in [1.29, 1.82) is 0 Å². The second-order valence-corrected chi connectivity index (χ2v) is 6.66. The number of nitrogen functional groups attached to an aromatic ring is 1. The average molecular weight is 281 g/mol. The Labute approximate surface area is 113 Å². The van der Waals surface area contributed by atoms with Gasteiger partial charge in [-0.05, 0) is 37.0 Å². The van der Waals surface area contributed by atoms with E-state index in [-0.39, 0.29) is 5.56 Å². The van der Waals surface area contributed by atoms with E-state index in [0.29, 0.717) is 11.1 Å². The highest BCUT2D eigenvalue weighted by Crippen LogP contribution is 2.36. The normalized spacial score (nSPS) is 19.1. The molecule has 0 bridgehead atoms. The van der Waals surface area contributed by atoms with Gasteiger partial charge in [-0.15, -0.1) is 11.3 Å². The van der Waals surface area contributed by atoms with Crippen molar-refractivity contribution in [2.75, 3.05) is 12.1 Å². The Kier molecular flexibility index (Phi) is 2.86. The SMILES string of the molecule is CSc1nc2sc3c(c2c(=O)n1N)CCC(C)C3. The Hall–Kier alpha value is -1.01. The lowest BCUT2D eigenvalue weighted by Gasteiger charge is -2.17. The minimum atomic E-state index is -0.101. The van der Waals surface area contributed by atoms with Crippen LogP contribution in [0, 0.1) is 5.92 Å². The van der Waals surface area contributed by atoms with E-state index in [4.69, 9.17) is 5.84 Å². The third-order valence-electron chi connectivity index (χ3n) is 3.51. The van der Waals surface area contributed by atoms with E-state index in [1.54, 1.807) is 11.3 Å². The van der Waals surface area contributed by atoms with Gasteiger partial charge in [0, 0.05) is 4.88 Å². The molecule has 0 saturated carbocycles. The Morgan fingerprint density at radius 3 is 3.06 bits per heavy atom. The number of fused-ring (bicyclic) bond motifs is 3. The molecule has 2 heterocycles. The molecule has 0 fully saturated rings. The van der Waals surface area contributed by atoms with Crippen LogP contribution in [0.4, 0.5) is 0 Å². The summed E-state index contributed by atoms with van der Waals surface area (Å²) >= 11 is 3.07. The van der Waals surface area contributed by atoms with Crippen molar-refractivity contribution in [3.63, 3.8) is 0 Å². The molecule has 0 aromatic carbocycles. The zero-order valence-electron chi connectivity index (χ0n) is 10.4. The second-order valence-electron chi connectivity index (χ2n) is 4.81. The first-order valence-electron chi connectivity index (χ1n) is 5.98. The van der Waals surface area contributed by atoms with Gasteiger partial charge in [-0.3, -0.25) is 4.79 Å². The fourth-order valence-electron chi connectivity index (χ4n) is 2.53. The fraction of sp³-hybridized carbons (Fsp3) is 0.500. The number of aryl methyl sites for hydroxylation is 1. The van der Waals surface area contributed by atoms with Gasteiger partial charge in [0.25, 0.3) is 5.56 Å². The molecule has 2 aromatic heterocycles. The van der Waals surface area contributed by atoms with Crippen molar-refractivity contribution in [3.05, 3.63) is 20.8 Å². The molecule has 2 aromatic rings. The lowest BCUT2D eigenvalue weighted by molar-refractivity contribution is 0.509. The van der Waals surface area contributed by atoms with Gasteiger partial charge in [-0.2, -0.15) is 0 Å².